The topological polar surface area (TPSA) is 78.9 Å². The van der Waals surface area contributed by atoms with Crippen molar-refractivity contribution in [2.75, 3.05) is 18.5 Å². The van der Waals surface area contributed by atoms with Crippen LogP contribution in [0.2, 0.25) is 15.1 Å². The normalized spacial score (nSPS) is 18.2. The third-order valence-electron chi connectivity index (χ3n) is 5.79. The van der Waals surface area contributed by atoms with Gasteiger partial charge in [-0.3, -0.25) is 9.69 Å². The lowest BCUT2D eigenvalue weighted by atomic mass is 9.86. The number of amides is 1. The quantitative estimate of drug-likeness (QED) is 0.422. The summed E-state index contributed by atoms with van der Waals surface area (Å²) >= 11 is 18.5. The summed E-state index contributed by atoms with van der Waals surface area (Å²) in [5, 5.41) is 12.9. The number of carbonyl (C=O) groups is 2. The second kappa shape index (κ2) is 11.9. The molecule has 0 bridgehead atoms. The molecule has 0 aliphatic heterocycles. The van der Waals surface area contributed by atoms with E-state index in [1.54, 1.807) is 30.3 Å². The molecule has 1 aliphatic carbocycles. The van der Waals surface area contributed by atoms with Crippen molar-refractivity contribution in [3.8, 4) is 5.75 Å². The van der Waals surface area contributed by atoms with Gasteiger partial charge in [0.05, 0.1) is 22.3 Å². The number of ether oxygens (including phenoxy) is 1. The Kier molecular flexibility index (Phi) is 9.27. The van der Waals surface area contributed by atoms with Crippen molar-refractivity contribution in [1.82, 2.24) is 4.90 Å². The zero-order valence-corrected chi connectivity index (χ0v) is 20.6. The van der Waals surface area contributed by atoms with Crippen LogP contribution in [0.4, 0.5) is 5.69 Å². The molecule has 2 N–H and O–H groups in total. The number of carboxylic acid groups (broad SMARTS) is 1. The number of hydrogen-bond donors (Lipinski definition) is 2. The number of carboxylic acids is 1. The number of carbonyl (C=O) groups excluding carboxylic acids is 1. The maximum Gasteiger partial charge on any atom is 0.341 e. The van der Waals surface area contributed by atoms with Gasteiger partial charge in [0.2, 0.25) is 5.91 Å². The van der Waals surface area contributed by atoms with E-state index in [1.165, 1.54) is 0 Å². The van der Waals surface area contributed by atoms with Gasteiger partial charge in [0, 0.05) is 17.6 Å². The summed E-state index contributed by atoms with van der Waals surface area (Å²) in [6.45, 7) is 2.52. The fourth-order valence-electron chi connectivity index (χ4n) is 4.02. The molecule has 0 heterocycles. The van der Waals surface area contributed by atoms with Gasteiger partial charge in [-0.1, -0.05) is 47.8 Å². The van der Waals surface area contributed by atoms with Gasteiger partial charge in [-0.2, -0.15) is 0 Å². The standard InChI is InChI=1S/C24H27Cl3N2O4/c1-15-2-6-18(7-3-15)29(13-23(30)28-21-8-5-17(25)11-19(21)26)12-16-4-9-22(20(27)10-16)33-14-24(31)32/h4-5,8-11,15,18H,2-3,6-7,12-14H2,1H3,(H,28,30)(H,31,32). The molecule has 1 fully saturated rings. The van der Waals surface area contributed by atoms with Crippen LogP contribution in [-0.2, 0) is 16.1 Å². The molecule has 1 saturated carbocycles. The molecule has 1 aliphatic rings. The second-order valence-corrected chi connectivity index (χ2v) is 9.69. The highest BCUT2D eigenvalue weighted by Gasteiger charge is 2.26. The summed E-state index contributed by atoms with van der Waals surface area (Å²) in [7, 11) is 0. The first-order chi connectivity index (χ1) is 15.7. The van der Waals surface area contributed by atoms with Gasteiger partial charge in [0.15, 0.2) is 6.61 Å². The molecule has 2 aromatic rings. The summed E-state index contributed by atoms with van der Waals surface area (Å²) in [4.78, 5) is 25.8. The van der Waals surface area contributed by atoms with Gasteiger partial charge < -0.3 is 15.2 Å². The van der Waals surface area contributed by atoms with E-state index < -0.39 is 12.6 Å². The van der Waals surface area contributed by atoms with Crippen molar-refractivity contribution in [2.24, 2.45) is 5.92 Å². The number of nitrogens with zero attached hydrogens (tertiary/aromatic N) is 1. The van der Waals surface area contributed by atoms with Gasteiger partial charge in [-0.25, -0.2) is 4.79 Å². The van der Waals surface area contributed by atoms with Crippen LogP contribution in [0.15, 0.2) is 36.4 Å². The van der Waals surface area contributed by atoms with Crippen LogP contribution < -0.4 is 10.1 Å². The lowest BCUT2D eigenvalue weighted by Crippen LogP contribution is -2.42. The van der Waals surface area contributed by atoms with Crippen LogP contribution in [0.3, 0.4) is 0 Å². The van der Waals surface area contributed by atoms with Crippen molar-refractivity contribution in [3.63, 3.8) is 0 Å². The van der Waals surface area contributed by atoms with Crippen molar-refractivity contribution in [1.29, 1.82) is 0 Å². The Morgan fingerprint density at radius 1 is 1.06 bits per heavy atom. The molecule has 178 valence electrons. The monoisotopic (exact) mass is 512 g/mol. The van der Waals surface area contributed by atoms with Gasteiger partial charge in [0.1, 0.15) is 5.75 Å². The smallest absolute Gasteiger partial charge is 0.341 e. The zero-order chi connectivity index (χ0) is 24.0. The van der Waals surface area contributed by atoms with E-state index in [-0.39, 0.29) is 18.5 Å². The molecule has 0 unspecified atom stereocenters. The number of benzene rings is 2. The van der Waals surface area contributed by atoms with Crippen LogP contribution in [0.5, 0.6) is 5.75 Å². The molecular weight excluding hydrogens is 487 g/mol. The minimum absolute atomic E-state index is 0.162. The molecule has 0 spiro atoms. The minimum atomic E-state index is -1.07. The third kappa shape index (κ3) is 7.78. The number of rotatable bonds is 9. The largest absolute Gasteiger partial charge is 0.480 e. The van der Waals surface area contributed by atoms with Crippen molar-refractivity contribution in [2.45, 2.75) is 45.2 Å². The van der Waals surface area contributed by atoms with E-state index in [1.807, 2.05) is 6.07 Å². The molecule has 0 radical (unpaired) electrons. The fourth-order valence-corrected chi connectivity index (χ4v) is 4.73. The Hall–Kier alpha value is -1.99. The SMILES string of the molecule is CC1CCC(N(CC(=O)Nc2ccc(Cl)cc2Cl)Cc2ccc(OCC(=O)O)c(Cl)c2)CC1. The first-order valence-corrected chi connectivity index (χ1v) is 12.0. The van der Waals surface area contributed by atoms with Gasteiger partial charge in [0.25, 0.3) is 0 Å². The average Bonchev–Trinajstić information content (AvgIpc) is 2.75. The summed E-state index contributed by atoms with van der Waals surface area (Å²) in [5.74, 6) is -0.231. The zero-order valence-electron chi connectivity index (χ0n) is 18.3. The van der Waals surface area contributed by atoms with E-state index in [0.29, 0.717) is 39.0 Å². The highest BCUT2D eigenvalue weighted by Crippen LogP contribution is 2.31. The Morgan fingerprint density at radius 2 is 1.79 bits per heavy atom. The summed E-state index contributed by atoms with van der Waals surface area (Å²) in [6.07, 6.45) is 4.27. The van der Waals surface area contributed by atoms with Crippen LogP contribution in [0.1, 0.15) is 38.2 Å². The predicted octanol–water partition coefficient (Wildman–Crippen LogP) is 6.13. The minimum Gasteiger partial charge on any atom is -0.480 e. The molecule has 1 amide bonds. The number of aliphatic carboxylic acids is 1. The molecule has 0 aromatic heterocycles. The van der Waals surface area contributed by atoms with Crippen molar-refractivity contribution < 1.29 is 19.4 Å². The van der Waals surface area contributed by atoms with Crippen molar-refractivity contribution in [3.05, 3.63) is 57.0 Å². The van der Waals surface area contributed by atoms with E-state index in [2.05, 4.69) is 17.1 Å². The Balaban J connectivity index is 1.72. The molecule has 0 saturated heterocycles. The Bertz CT molecular complexity index is 994. The highest BCUT2D eigenvalue weighted by atomic mass is 35.5. The summed E-state index contributed by atoms with van der Waals surface area (Å²) < 4.78 is 5.21. The number of halogens is 3. The van der Waals surface area contributed by atoms with E-state index in [4.69, 9.17) is 44.6 Å². The predicted molar refractivity (Wildman–Crippen MR) is 132 cm³/mol. The molecule has 0 atom stereocenters. The lowest BCUT2D eigenvalue weighted by Gasteiger charge is -2.36. The third-order valence-corrected chi connectivity index (χ3v) is 6.63. The Morgan fingerprint density at radius 3 is 2.42 bits per heavy atom. The van der Waals surface area contributed by atoms with Crippen LogP contribution in [0, 0.1) is 5.92 Å². The average molecular weight is 514 g/mol. The number of nitrogens with one attached hydrogen (secondary N) is 1. The van der Waals surface area contributed by atoms with E-state index in [9.17, 15) is 9.59 Å². The first kappa shape index (κ1) is 25.6. The summed E-state index contributed by atoms with van der Waals surface area (Å²) in [5.41, 5.74) is 1.44. The number of hydrogen-bond acceptors (Lipinski definition) is 4. The van der Waals surface area contributed by atoms with Crippen LogP contribution in [-0.4, -0.2) is 41.1 Å². The molecular formula is C24H27Cl3N2O4. The Labute approximate surface area is 208 Å². The van der Waals surface area contributed by atoms with E-state index in [0.717, 1.165) is 31.2 Å². The second-order valence-electron chi connectivity index (χ2n) is 8.44. The highest BCUT2D eigenvalue weighted by molar-refractivity contribution is 6.36. The van der Waals surface area contributed by atoms with Gasteiger partial charge >= 0.3 is 5.97 Å². The van der Waals surface area contributed by atoms with Gasteiger partial charge in [-0.15, -0.1) is 0 Å². The first-order valence-electron chi connectivity index (χ1n) is 10.8. The molecule has 33 heavy (non-hydrogen) atoms. The lowest BCUT2D eigenvalue weighted by molar-refractivity contribution is -0.139. The van der Waals surface area contributed by atoms with Crippen molar-refractivity contribution >= 4 is 52.4 Å². The van der Waals surface area contributed by atoms with Crippen LogP contribution in [0.25, 0.3) is 0 Å². The summed E-state index contributed by atoms with van der Waals surface area (Å²) in [6, 6.07) is 10.5. The van der Waals surface area contributed by atoms with E-state index >= 15 is 0 Å². The van der Waals surface area contributed by atoms with Gasteiger partial charge in [-0.05, 0) is 67.5 Å². The maximum absolute atomic E-state index is 12.9. The number of anilines is 1. The molecule has 6 nitrogen and oxygen atoms in total. The maximum atomic E-state index is 12.9. The fraction of sp³-hybridized carbons (Fsp3) is 0.417. The van der Waals surface area contributed by atoms with Crippen LogP contribution >= 0.6 is 34.8 Å². The molecule has 2 aromatic carbocycles. The molecule has 3 rings (SSSR count). The molecule has 9 heteroatoms.